The zero-order chi connectivity index (χ0) is 33.4. The van der Waals surface area contributed by atoms with Crippen LogP contribution in [0.4, 0.5) is 0 Å². The number of aromatic nitrogens is 2. The zero-order valence-corrected chi connectivity index (χ0v) is 26.7. The molecule has 46 heavy (non-hydrogen) atoms. The van der Waals surface area contributed by atoms with Crippen molar-refractivity contribution in [1.82, 2.24) is 19.8 Å². The molecule has 1 heterocycles. The van der Waals surface area contributed by atoms with E-state index in [9.17, 15) is 33.0 Å². The molecule has 3 aromatic carbocycles. The fraction of sp³-hybridized carbons (Fsp3) is 0.294. The van der Waals surface area contributed by atoms with Gasteiger partial charge in [0.05, 0.1) is 17.5 Å². The predicted molar refractivity (Wildman–Crippen MR) is 172 cm³/mol. The Morgan fingerprint density at radius 2 is 1.57 bits per heavy atom. The number of aliphatic carboxylic acids is 1. The number of nitrogens with zero attached hydrogens (tertiary/aromatic N) is 2. The van der Waals surface area contributed by atoms with Crippen LogP contribution in [0.2, 0.25) is 0 Å². The molecule has 2 unspecified atom stereocenters. The maximum absolute atomic E-state index is 13.2. The highest BCUT2D eigenvalue weighted by atomic mass is 32.2. The monoisotopic (exact) mass is 646 g/mol. The number of sulfonamides is 1. The standard InChI is InChI=1S/C34H38N4O7S/c1-4-10-26-20-29(33(41)35-28(31(39)34(42)43)19-23-11-6-5-7-12-23)36-38(26)21-24-15-17-25(18-16-24)27-13-8-9-14-30(27)46(44,45)37-32(40)22(2)3/h5-9,11-18,20,22,28,31,39H,4,10,19,21H2,1-3H3,(H,35,41)(H,37,40)(H,42,43). The van der Waals surface area contributed by atoms with E-state index >= 15 is 0 Å². The van der Waals surface area contributed by atoms with Crippen LogP contribution in [0, 0.1) is 5.92 Å². The average molecular weight is 647 g/mol. The van der Waals surface area contributed by atoms with Crippen molar-refractivity contribution in [3.05, 3.63) is 107 Å². The highest BCUT2D eigenvalue weighted by molar-refractivity contribution is 7.90. The number of carbonyl (C=O) groups excluding carboxylic acids is 2. The molecule has 0 saturated carbocycles. The minimum absolute atomic E-state index is 0.0108. The largest absolute Gasteiger partial charge is 0.479 e. The normalized spacial score (nSPS) is 12.8. The number of aliphatic hydroxyl groups is 1. The number of hydrogen-bond donors (Lipinski definition) is 4. The van der Waals surface area contributed by atoms with E-state index in [4.69, 9.17) is 0 Å². The van der Waals surface area contributed by atoms with Gasteiger partial charge in [0, 0.05) is 17.2 Å². The number of carboxylic acids is 1. The van der Waals surface area contributed by atoms with Crippen LogP contribution in [-0.4, -0.2) is 58.3 Å². The molecule has 11 nitrogen and oxygen atoms in total. The van der Waals surface area contributed by atoms with E-state index in [0.717, 1.165) is 23.2 Å². The van der Waals surface area contributed by atoms with Gasteiger partial charge in [-0.15, -0.1) is 0 Å². The summed E-state index contributed by atoms with van der Waals surface area (Å²) in [6, 6.07) is 23.2. The number of aryl methyl sites for hydroxylation is 1. The summed E-state index contributed by atoms with van der Waals surface area (Å²) in [6.45, 7) is 5.55. The Morgan fingerprint density at radius 1 is 0.913 bits per heavy atom. The summed E-state index contributed by atoms with van der Waals surface area (Å²) in [5, 5.41) is 26.9. The lowest BCUT2D eigenvalue weighted by molar-refractivity contribution is -0.148. The van der Waals surface area contributed by atoms with Gasteiger partial charge < -0.3 is 15.5 Å². The lowest BCUT2D eigenvalue weighted by atomic mass is 10.0. The first-order valence-corrected chi connectivity index (χ1v) is 16.4. The summed E-state index contributed by atoms with van der Waals surface area (Å²) in [7, 11) is -4.10. The Balaban J connectivity index is 1.55. The number of amides is 2. The minimum Gasteiger partial charge on any atom is -0.479 e. The molecule has 0 spiro atoms. The number of carbonyl (C=O) groups is 3. The molecular weight excluding hydrogens is 608 g/mol. The SMILES string of the molecule is CCCc1cc(C(=O)NC(Cc2ccccc2)C(O)C(=O)O)nn1Cc1ccc(-c2ccccc2S(=O)(=O)NC(=O)C(C)C)cc1. The van der Waals surface area contributed by atoms with E-state index in [0.29, 0.717) is 24.1 Å². The van der Waals surface area contributed by atoms with Crippen molar-refractivity contribution in [3.8, 4) is 11.1 Å². The minimum atomic E-state index is -4.10. The quantitative estimate of drug-likeness (QED) is 0.161. The summed E-state index contributed by atoms with van der Waals surface area (Å²) in [5.41, 5.74) is 3.57. The van der Waals surface area contributed by atoms with Gasteiger partial charge in [-0.05, 0) is 41.7 Å². The van der Waals surface area contributed by atoms with E-state index in [1.165, 1.54) is 6.07 Å². The van der Waals surface area contributed by atoms with E-state index in [1.54, 1.807) is 79.2 Å². The molecule has 242 valence electrons. The molecule has 4 aromatic rings. The summed E-state index contributed by atoms with van der Waals surface area (Å²) in [6.07, 6.45) is -0.273. The molecule has 0 aliphatic rings. The second-order valence-electron chi connectivity index (χ2n) is 11.3. The van der Waals surface area contributed by atoms with Crippen molar-refractivity contribution >= 4 is 27.8 Å². The Kier molecular flexibility index (Phi) is 11.1. The fourth-order valence-corrected chi connectivity index (χ4v) is 6.24. The highest BCUT2D eigenvalue weighted by Gasteiger charge is 2.29. The number of carboxylic acid groups (broad SMARTS) is 1. The molecule has 2 amide bonds. The van der Waals surface area contributed by atoms with Crippen molar-refractivity contribution < 1.29 is 33.0 Å². The van der Waals surface area contributed by atoms with Gasteiger partial charge in [-0.25, -0.2) is 17.9 Å². The first-order chi connectivity index (χ1) is 21.9. The van der Waals surface area contributed by atoms with Crippen LogP contribution in [0.3, 0.4) is 0 Å². The predicted octanol–water partition coefficient (Wildman–Crippen LogP) is 3.80. The van der Waals surface area contributed by atoms with E-state index in [2.05, 4.69) is 15.1 Å². The topological polar surface area (TPSA) is 168 Å². The Labute approximate surface area is 268 Å². The molecule has 4 N–H and O–H groups in total. The van der Waals surface area contributed by atoms with Crippen LogP contribution in [0.15, 0.2) is 89.8 Å². The lowest BCUT2D eigenvalue weighted by Gasteiger charge is -2.21. The summed E-state index contributed by atoms with van der Waals surface area (Å²) >= 11 is 0. The van der Waals surface area contributed by atoms with E-state index in [-0.39, 0.29) is 17.0 Å². The van der Waals surface area contributed by atoms with E-state index in [1.807, 2.05) is 25.1 Å². The maximum Gasteiger partial charge on any atom is 0.334 e. The van der Waals surface area contributed by atoms with Crippen LogP contribution in [0.5, 0.6) is 0 Å². The van der Waals surface area contributed by atoms with Crippen molar-refractivity contribution in [1.29, 1.82) is 0 Å². The molecule has 0 fully saturated rings. The smallest absolute Gasteiger partial charge is 0.334 e. The van der Waals surface area contributed by atoms with E-state index < -0.39 is 45.9 Å². The van der Waals surface area contributed by atoms with Crippen molar-refractivity contribution in [2.24, 2.45) is 5.92 Å². The van der Waals surface area contributed by atoms with Crippen molar-refractivity contribution in [2.45, 2.75) is 63.6 Å². The van der Waals surface area contributed by atoms with Gasteiger partial charge in [-0.2, -0.15) is 5.10 Å². The third-order valence-corrected chi connectivity index (χ3v) is 8.79. The third-order valence-electron chi connectivity index (χ3n) is 7.38. The Hall–Kier alpha value is -4.81. The molecule has 0 aliphatic carbocycles. The number of nitrogens with one attached hydrogen (secondary N) is 2. The molecule has 0 saturated heterocycles. The number of aliphatic hydroxyl groups excluding tert-OH is 1. The third kappa shape index (κ3) is 8.46. The van der Waals surface area contributed by atoms with Gasteiger partial charge in [0.2, 0.25) is 5.91 Å². The van der Waals surface area contributed by atoms with Crippen LogP contribution in [0.25, 0.3) is 11.1 Å². The molecule has 4 rings (SSSR count). The van der Waals surface area contributed by atoms with Gasteiger partial charge in [0.25, 0.3) is 15.9 Å². The second-order valence-corrected chi connectivity index (χ2v) is 12.9. The second kappa shape index (κ2) is 15.0. The van der Waals surface area contributed by atoms with Gasteiger partial charge >= 0.3 is 5.97 Å². The summed E-state index contributed by atoms with van der Waals surface area (Å²) < 4.78 is 29.9. The van der Waals surface area contributed by atoms with Gasteiger partial charge in [-0.3, -0.25) is 14.3 Å². The van der Waals surface area contributed by atoms with Crippen LogP contribution in [-0.2, 0) is 39.0 Å². The highest BCUT2D eigenvalue weighted by Crippen LogP contribution is 2.28. The molecule has 1 aromatic heterocycles. The van der Waals surface area contributed by atoms with Crippen LogP contribution < -0.4 is 10.0 Å². The van der Waals surface area contributed by atoms with Gasteiger partial charge in [0.1, 0.15) is 5.69 Å². The lowest BCUT2D eigenvalue weighted by Crippen LogP contribution is -2.48. The Morgan fingerprint density at radius 3 is 2.20 bits per heavy atom. The molecule has 0 bridgehead atoms. The van der Waals surface area contributed by atoms with Crippen molar-refractivity contribution in [3.63, 3.8) is 0 Å². The van der Waals surface area contributed by atoms with Crippen LogP contribution in [0.1, 0.15) is 54.5 Å². The fourth-order valence-electron chi connectivity index (χ4n) is 4.89. The number of benzene rings is 3. The molecule has 0 aliphatic heterocycles. The van der Waals surface area contributed by atoms with Gasteiger partial charge in [-0.1, -0.05) is 100.0 Å². The average Bonchev–Trinajstić information content (AvgIpc) is 3.43. The Bertz CT molecular complexity index is 1790. The van der Waals surface area contributed by atoms with Gasteiger partial charge in [0.15, 0.2) is 6.10 Å². The zero-order valence-electron chi connectivity index (χ0n) is 25.9. The molecular formula is C34H38N4O7S. The first-order valence-electron chi connectivity index (χ1n) is 15.0. The summed E-state index contributed by atoms with van der Waals surface area (Å²) in [4.78, 5) is 37.0. The molecule has 12 heteroatoms. The summed E-state index contributed by atoms with van der Waals surface area (Å²) in [5.74, 6) is -3.14. The maximum atomic E-state index is 13.2. The number of hydrogen-bond acceptors (Lipinski definition) is 7. The number of rotatable bonds is 14. The van der Waals surface area contributed by atoms with Crippen LogP contribution >= 0.6 is 0 Å². The molecule has 0 radical (unpaired) electrons. The first kappa shape index (κ1) is 34.1. The molecule has 2 atom stereocenters. The van der Waals surface area contributed by atoms with Crippen molar-refractivity contribution in [2.75, 3.05) is 0 Å².